The highest BCUT2D eigenvalue weighted by atomic mass is 32.2. The number of amides is 1. The van der Waals surface area contributed by atoms with Crippen molar-refractivity contribution in [2.24, 2.45) is 0 Å². The van der Waals surface area contributed by atoms with E-state index in [4.69, 9.17) is 0 Å². The van der Waals surface area contributed by atoms with E-state index < -0.39 is 10.0 Å². The molecule has 2 aromatic heterocycles. The van der Waals surface area contributed by atoms with E-state index in [1.54, 1.807) is 30.1 Å². The molecule has 2 aromatic rings. The fraction of sp³-hybridized carbons (Fsp3) is 0.357. The van der Waals surface area contributed by atoms with Gasteiger partial charge in [0.1, 0.15) is 4.90 Å². The van der Waals surface area contributed by atoms with E-state index >= 15 is 0 Å². The molecule has 0 bridgehead atoms. The molecule has 3 rings (SSSR count). The van der Waals surface area contributed by atoms with Crippen LogP contribution in [-0.2, 0) is 21.4 Å². The molecule has 8 nitrogen and oxygen atoms in total. The largest absolute Gasteiger partial charge is 0.359 e. The Hall–Kier alpha value is -2.26. The van der Waals surface area contributed by atoms with Gasteiger partial charge in [0.15, 0.2) is 0 Å². The summed E-state index contributed by atoms with van der Waals surface area (Å²) in [5, 5.41) is 6.78. The second-order valence-electron chi connectivity index (χ2n) is 5.28. The molecule has 9 heteroatoms. The highest BCUT2D eigenvalue weighted by Crippen LogP contribution is 2.27. The molecular formula is C14H17N5O3S. The van der Waals surface area contributed by atoms with Gasteiger partial charge in [0.25, 0.3) is 0 Å². The molecule has 23 heavy (non-hydrogen) atoms. The molecule has 3 heterocycles. The van der Waals surface area contributed by atoms with Crippen molar-refractivity contribution in [3.8, 4) is 0 Å². The Morgan fingerprint density at radius 2 is 2.22 bits per heavy atom. The van der Waals surface area contributed by atoms with Crippen LogP contribution in [0.25, 0.3) is 0 Å². The maximum absolute atomic E-state index is 12.8. The zero-order valence-corrected chi connectivity index (χ0v) is 13.4. The maximum atomic E-state index is 12.8. The molecule has 1 aliphatic heterocycles. The first-order chi connectivity index (χ1) is 11.0. The van der Waals surface area contributed by atoms with Crippen LogP contribution >= 0.6 is 0 Å². The number of fused-ring (bicyclic) bond motifs is 1. The lowest BCUT2D eigenvalue weighted by Crippen LogP contribution is -2.42. The molecule has 1 aliphatic rings. The topological polar surface area (TPSA) is 97.2 Å². The van der Waals surface area contributed by atoms with Crippen molar-refractivity contribution in [2.45, 2.75) is 23.9 Å². The number of sulfonamides is 1. The summed E-state index contributed by atoms with van der Waals surface area (Å²) in [5.41, 5.74) is 0.762. The number of nitrogens with one attached hydrogen (secondary N) is 1. The zero-order valence-electron chi connectivity index (χ0n) is 12.6. The van der Waals surface area contributed by atoms with Crippen molar-refractivity contribution in [1.29, 1.82) is 0 Å². The molecule has 122 valence electrons. The second kappa shape index (κ2) is 6.09. The van der Waals surface area contributed by atoms with E-state index in [0.717, 1.165) is 5.69 Å². The summed E-state index contributed by atoms with van der Waals surface area (Å²) in [5.74, 6) is -0.155. The van der Waals surface area contributed by atoms with Gasteiger partial charge in [-0.15, -0.1) is 0 Å². The lowest BCUT2D eigenvalue weighted by atomic mass is 10.1. The first-order valence-corrected chi connectivity index (χ1v) is 8.59. The third-order valence-corrected chi connectivity index (χ3v) is 5.62. The molecule has 0 saturated heterocycles. The van der Waals surface area contributed by atoms with Crippen molar-refractivity contribution >= 4 is 15.9 Å². The molecule has 0 radical (unpaired) electrons. The molecule has 0 fully saturated rings. The van der Waals surface area contributed by atoms with Crippen LogP contribution in [-0.4, -0.2) is 47.0 Å². The monoisotopic (exact) mass is 335 g/mol. The van der Waals surface area contributed by atoms with Crippen LogP contribution in [0.5, 0.6) is 0 Å². The lowest BCUT2D eigenvalue weighted by Gasteiger charge is -2.32. The van der Waals surface area contributed by atoms with E-state index in [9.17, 15) is 13.2 Å². The number of hydrogen-bond donors (Lipinski definition) is 1. The molecule has 1 amide bonds. The standard InChI is InChI=1S/C14H17N5O3S/c1-15-14(20)7-12-10-18(9-11-4-6-17-19(11)12)23(21,22)13-3-2-5-16-8-13/h2-6,8,12H,7,9-10H2,1H3,(H,15,20)/t12-/m0/s1. The third kappa shape index (κ3) is 2.97. The molecule has 0 spiro atoms. The summed E-state index contributed by atoms with van der Waals surface area (Å²) < 4.78 is 28.6. The maximum Gasteiger partial charge on any atom is 0.245 e. The van der Waals surface area contributed by atoms with E-state index in [1.807, 2.05) is 0 Å². The minimum absolute atomic E-state index is 0.145. The average molecular weight is 335 g/mol. The van der Waals surface area contributed by atoms with E-state index in [0.29, 0.717) is 0 Å². The number of pyridine rings is 1. The van der Waals surface area contributed by atoms with Crippen molar-refractivity contribution in [3.05, 3.63) is 42.5 Å². The van der Waals surface area contributed by atoms with Crippen molar-refractivity contribution in [3.63, 3.8) is 0 Å². The number of aromatic nitrogens is 3. The van der Waals surface area contributed by atoms with Gasteiger partial charge >= 0.3 is 0 Å². The third-order valence-electron chi connectivity index (χ3n) is 3.82. The van der Waals surface area contributed by atoms with Gasteiger partial charge in [-0.2, -0.15) is 9.40 Å². The number of rotatable bonds is 4. The van der Waals surface area contributed by atoms with Gasteiger partial charge in [0.2, 0.25) is 15.9 Å². The van der Waals surface area contributed by atoms with Crippen LogP contribution in [0, 0.1) is 0 Å². The quantitative estimate of drug-likeness (QED) is 0.858. The van der Waals surface area contributed by atoms with Gasteiger partial charge in [-0.3, -0.25) is 14.5 Å². The molecule has 1 atom stereocenters. The Morgan fingerprint density at radius 1 is 1.39 bits per heavy atom. The summed E-state index contributed by atoms with van der Waals surface area (Å²) in [4.78, 5) is 15.7. The Morgan fingerprint density at radius 3 is 2.91 bits per heavy atom. The molecule has 0 aliphatic carbocycles. The first kappa shape index (κ1) is 15.6. The predicted octanol–water partition coefficient (Wildman–Crippen LogP) is 0.160. The molecule has 1 N–H and O–H groups in total. The summed E-state index contributed by atoms with van der Waals surface area (Å²) in [7, 11) is -2.11. The van der Waals surface area contributed by atoms with Crippen LogP contribution in [0.4, 0.5) is 0 Å². The van der Waals surface area contributed by atoms with Crippen molar-refractivity contribution in [1.82, 2.24) is 24.4 Å². The van der Waals surface area contributed by atoms with Gasteiger partial charge in [-0.1, -0.05) is 0 Å². The predicted molar refractivity (Wildman–Crippen MR) is 81.8 cm³/mol. The van der Waals surface area contributed by atoms with Crippen LogP contribution in [0.3, 0.4) is 0 Å². The average Bonchev–Trinajstić information content (AvgIpc) is 3.04. The highest BCUT2D eigenvalue weighted by Gasteiger charge is 2.34. The molecular weight excluding hydrogens is 318 g/mol. The minimum Gasteiger partial charge on any atom is -0.359 e. The Balaban J connectivity index is 1.92. The number of carbonyl (C=O) groups excluding carboxylic acids is 1. The van der Waals surface area contributed by atoms with Gasteiger partial charge in [0.05, 0.1) is 24.7 Å². The number of carbonyl (C=O) groups is 1. The molecule has 0 aromatic carbocycles. The van der Waals surface area contributed by atoms with Crippen LogP contribution in [0.15, 0.2) is 41.7 Å². The zero-order chi connectivity index (χ0) is 16.4. The summed E-state index contributed by atoms with van der Waals surface area (Å²) in [6.45, 7) is 0.417. The fourth-order valence-electron chi connectivity index (χ4n) is 2.65. The van der Waals surface area contributed by atoms with Gasteiger partial charge in [0, 0.05) is 32.2 Å². The SMILES string of the molecule is CNC(=O)C[C@H]1CN(S(=O)(=O)c2cccnc2)Cc2ccnn21. The molecule has 0 unspecified atom stereocenters. The molecule has 0 saturated carbocycles. The van der Waals surface area contributed by atoms with Gasteiger partial charge in [-0.05, 0) is 18.2 Å². The van der Waals surface area contributed by atoms with Crippen LogP contribution in [0.1, 0.15) is 18.2 Å². The van der Waals surface area contributed by atoms with Gasteiger partial charge < -0.3 is 5.32 Å². The first-order valence-electron chi connectivity index (χ1n) is 7.15. The fourth-order valence-corrected chi connectivity index (χ4v) is 4.07. The Bertz CT molecular complexity index is 803. The lowest BCUT2D eigenvalue weighted by molar-refractivity contribution is -0.121. The highest BCUT2D eigenvalue weighted by molar-refractivity contribution is 7.89. The summed E-state index contributed by atoms with van der Waals surface area (Å²) in [6, 6.07) is 4.53. The minimum atomic E-state index is -3.66. The summed E-state index contributed by atoms with van der Waals surface area (Å²) in [6.07, 6.45) is 4.64. The normalized spacial score (nSPS) is 18.4. The van der Waals surface area contributed by atoms with E-state index in [2.05, 4.69) is 15.4 Å². The number of hydrogen-bond acceptors (Lipinski definition) is 5. The van der Waals surface area contributed by atoms with Crippen molar-refractivity contribution in [2.75, 3.05) is 13.6 Å². The van der Waals surface area contributed by atoms with Crippen LogP contribution < -0.4 is 5.32 Å². The Labute approximate surface area is 134 Å². The van der Waals surface area contributed by atoms with E-state index in [1.165, 1.54) is 22.8 Å². The smallest absolute Gasteiger partial charge is 0.245 e. The Kier molecular flexibility index (Phi) is 4.14. The van der Waals surface area contributed by atoms with Crippen LogP contribution in [0.2, 0.25) is 0 Å². The number of nitrogens with zero attached hydrogens (tertiary/aromatic N) is 4. The van der Waals surface area contributed by atoms with E-state index in [-0.39, 0.29) is 36.4 Å². The van der Waals surface area contributed by atoms with Crippen molar-refractivity contribution < 1.29 is 13.2 Å². The van der Waals surface area contributed by atoms with Gasteiger partial charge in [-0.25, -0.2) is 8.42 Å². The summed E-state index contributed by atoms with van der Waals surface area (Å²) >= 11 is 0. The second-order valence-corrected chi connectivity index (χ2v) is 7.22.